The van der Waals surface area contributed by atoms with E-state index >= 15 is 0 Å². The van der Waals surface area contributed by atoms with Crippen LogP contribution in [0.5, 0.6) is 0 Å². The number of aromatic nitrogens is 1. The third-order valence-corrected chi connectivity index (χ3v) is 6.94. The van der Waals surface area contributed by atoms with E-state index in [-0.39, 0.29) is 5.78 Å². The van der Waals surface area contributed by atoms with Crippen molar-refractivity contribution in [2.75, 3.05) is 18.0 Å². The molecule has 1 fully saturated rings. The lowest BCUT2D eigenvalue weighted by molar-refractivity contribution is 0.103. The molecule has 1 aliphatic heterocycles. The molecular formula is C26H25ClN2O2. The molecule has 0 bridgehead atoms. The number of nitrogens with zero attached hydrogens (tertiary/aromatic N) is 2. The van der Waals surface area contributed by atoms with Crippen LogP contribution in [0.15, 0.2) is 42.6 Å². The molecule has 1 aromatic heterocycles. The number of rotatable bonds is 5. The van der Waals surface area contributed by atoms with Gasteiger partial charge in [0.05, 0.1) is 5.02 Å². The number of hydrogen-bond donors (Lipinski definition) is 0. The highest BCUT2D eigenvalue weighted by atomic mass is 35.5. The fourth-order valence-corrected chi connectivity index (χ4v) is 5.13. The van der Waals surface area contributed by atoms with E-state index < -0.39 is 0 Å². The monoisotopic (exact) mass is 432 g/mol. The number of benzene rings is 2. The molecule has 0 radical (unpaired) electrons. The molecule has 5 rings (SSSR count). The van der Waals surface area contributed by atoms with Crippen molar-refractivity contribution in [3.05, 3.63) is 81.1 Å². The molecule has 0 amide bonds. The van der Waals surface area contributed by atoms with E-state index in [2.05, 4.69) is 15.5 Å². The molecular weight excluding hydrogens is 408 g/mol. The summed E-state index contributed by atoms with van der Waals surface area (Å²) in [6.45, 7) is 3.88. The van der Waals surface area contributed by atoms with Crippen LogP contribution < -0.4 is 4.90 Å². The van der Waals surface area contributed by atoms with Crippen molar-refractivity contribution in [3.8, 4) is 5.69 Å². The maximum atomic E-state index is 13.6. The molecule has 3 aromatic rings. The minimum absolute atomic E-state index is 0.00696. The van der Waals surface area contributed by atoms with E-state index in [1.165, 1.54) is 5.69 Å². The van der Waals surface area contributed by atoms with Crippen molar-refractivity contribution in [1.82, 2.24) is 4.57 Å². The number of anilines is 1. The van der Waals surface area contributed by atoms with Gasteiger partial charge in [-0.05, 0) is 74.4 Å². The average molecular weight is 433 g/mol. The molecule has 1 saturated heterocycles. The molecule has 2 aromatic carbocycles. The second kappa shape index (κ2) is 8.01. The molecule has 31 heavy (non-hydrogen) atoms. The zero-order valence-electron chi connectivity index (χ0n) is 17.7. The first-order chi connectivity index (χ1) is 15.1. The molecule has 4 nitrogen and oxygen atoms in total. The van der Waals surface area contributed by atoms with Gasteiger partial charge in [-0.2, -0.15) is 0 Å². The summed E-state index contributed by atoms with van der Waals surface area (Å²) in [6.07, 6.45) is 8.10. The van der Waals surface area contributed by atoms with Gasteiger partial charge in [0.2, 0.25) is 0 Å². The Balaban J connectivity index is 1.64. The van der Waals surface area contributed by atoms with Gasteiger partial charge >= 0.3 is 0 Å². The Morgan fingerprint density at radius 3 is 2.58 bits per heavy atom. The van der Waals surface area contributed by atoms with E-state index in [1.54, 1.807) is 6.07 Å². The van der Waals surface area contributed by atoms with Gasteiger partial charge in [0.15, 0.2) is 12.1 Å². The Morgan fingerprint density at radius 1 is 1.06 bits per heavy atom. The van der Waals surface area contributed by atoms with Crippen LogP contribution in [0.1, 0.15) is 62.4 Å². The minimum Gasteiger partial charge on any atom is -0.371 e. The number of carbonyl (C=O) groups is 2. The first kappa shape index (κ1) is 20.1. The van der Waals surface area contributed by atoms with Crippen molar-refractivity contribution in [2.24, 2.45) is 0 Å². The zero-order valence-corrected chi connectivity index (χ0v) is 18.4. The molecule has 0 spiro atoms. The van der Waals surface area contributed by atoms with E-state index in [9.17, 15) is 9.59 Å². The Bertz CT molecular complexity index is 1170. The van der Waals surface area contributed by atoms with Crippen molar-refractivity contribution in [3.63, 3.8) is 0 Å². The maximum absolute atomic E-state index is 13.6. The van der Waals surface area contributed by atoms with Gasteiger partial charge in [-0.1, -0.05) is 23.7 Å². The Hall–Kier alpha value is -2.85. The Labute approximate surface area is 187 Å². The number of hydrogen-bond acceptors (Lipinski definition) is 3. The maximum Gasteiger partial charge on any atom is 0.196 e. The van der Waals surface area contributed by atoms with Crippen LogP contribution >= 0.6 is 11.6 Å². The van der Waals surface area contributed by atoms with Crippen LogP contribution in [0, 0.1) is 6.92 Å². The number of aryl methyl sites for hydroxylation is 1. The molecule has 0 atom stereocenters. The fraction of sp³-hybridized carbons (Fsp3) is 0.308. The summed E-state index contributed by atoms with van der Waals surface area (Å²) >= 11 is 6.43. The predicted octanol–water partition coefficient (Wildman–Crippen LogP) is 5.57. The zero-order chi connectivity index (χ0) is 21.5. The van der Waals surface area contributed by atoms with Crippen molar-refractivity contribution < 1.29 is 9.59 Å². The summed E-state index contributed by atoms with van der Waals surface area (Å²) in [5, 5.41) is 0.498. The highest BCUT2D eigenvalue weighted by Gasteiger charge is 2.27. The first-order valence-corrected chi connectivity index (χ1v) is 11.3. The van der Waals surface area contributed by atoms with E-state index in [4.69, 9.17) is 11.6 Å². The van der Waals surface area contributed by atoms with Gasteiger partial charge in [-0.3, -0.25) is 9.59 Å². The lowest BCUT2D eigenvalue weighted by Gasteiger charge is -2.34. The minimum atomic E-state index is -0.00696. The van der Waals surface area contributed by atoms with Crippen molar-refractivity contribution in [1.29, 1.82) is 0 Å². The third kappa shape index (κ3) is 3.39. The smallest absolute Gasteiger partial charge is 0.196 e. The normalized spacial score (nSPS) is 15.4. The summed E-state index contributed by atoms with van der Waals surface area (Å²) in [7, 11) is 0. The largest absolute Gasteiger partial charge is 0.371 e. The quantitative estimate of drug-likeness (QED) is 0.391. The van der Waals surface area contributed by atoms with Crippen LogP contribution in [0.25, 0.3) is 5.69 Å². The standard InChI is InChI=1S/C26H25ClN2O2/c1-17-6-4-8-22(27)25(17)26(31)21-15-29(23-9-3-2-7-20(21)23)19-11-10-18(16-30)24(14-19)28-12-5-13-28/h4,6,8,10-11,14-16H,2-3,5,7,9,12-13H2,1H3. The highest BCUT2D eigenvalue weighted by molar-refractivity contribution is 6.35. The van der Waals surface area contributed by atoms with Crippen LogP contribution in [0.4, 0.5) is 5.69 Å². The fourth-order valence-electron chi connectivity index (χ4n) is 4.82. The molecule has 1 aliphatic carbocycles. The van der Waals surface area contributed by atoms with E-state index in [0.29, 0.717) is 16.1 Å². The first-order valence-electron chi connectivity index (χ1n) is 11.0. The predicted molar refractivity (Wildman–Crippen MR) is 124 cm³/mol. The van der Waals surface area contributed by atoms with Crippen LogP contribution in [0.2, 0.25) is 5.02 Å². The molecule has 2 aliphatic rings. The van der Waals surface area contributed by atoms with Gasteiger partial charge in [-0.15, -0.1) is 0 Å². The molecule has 5 heteroatoms. The number of ketones is 1. The summed E-state index contributed by atoms with van der Waals surface area (Å²) in [5.74, 6) is -0.00696. The van der Waals surface area contributed by atoms with Crippen LogP contribution in [0.3, 0.4) is 0 Å². The van der Waals surface area contributed by atoms with Crippen molar-refractivity contribution >= 4 is 29.4 Å². The Kier molecular flexibility index (Phi) is 5.19. The van der Waals surface area contributed by atoms with Gasteiger partial charge in [0.1, 0.15) is 0 Å². The molecule has 0 unspecified atom stereocenters. The summed E-state index contributed by atoms with van der Waals surface area (Å²) in [6, 6.07) is 11.6. The van der Waals surface area contributed by atoms with Gasteiger partial charge < -0.3 is 9.47 Å². The lowest BCUT2D eigenvalue weighted by Crippen LogP contribution is -2.37. The molecule has 0 saturated carbocycles. The molecule has 2 heterocycles. The third-order valence-electron chi connectivity index (χ3n) is 6.62. The Morgan fingerprint density at radius 2 is 1.87 bits per heavy atom. The SMILES string of the molecule is Cc1cccc(Cl)c1C(=O)c1cn(-c2ccc(C=O)c(N3CCC3)c2)c2c1CCCC2. The topological polar surface area (TPSA) is 42.3 Å². The van der Waals surface area contributed by atoms with Crippen LogP contribution in [-0.4, -0.2) is 29.7 Å². The second-order valence-electron chi connectivity index (χ2n) is 8.51. The number of aldehydes is 1. The lowest BCUT2D eigenvalue weighted by atomic mass is 9.91. The van der Waals surface area contributed by atoms with E-state index in [1.807, 2.05) is 37.4 Å². The number of carbonyl (C=O) groups excluding carboxylic acids is 2. The van der Waals surface area contributed by atoms with Gasteiger partial charge in [0, 0.05) is 53.0 Å². The summed E-state index contributed by atoms with van der Waals surface area (Å²) < 4.78 is 2.16. The van der Waals surface area contributed by atoms with Gasteiger partial charge in [-0.25, -0.2) is 0 Å². The summed E-state index contributed by atoms with van der Waals surface area (Å²) in [4.78, 5) is 27.4. The van der Waals surface area contributed by atoms with Crippen molar-refractivity contribution in [2.45, 2.75) is 39.0 Å². The number of halogens is 1. The van der Waals surface area contributed by atoms with Crippen LogP contribution in [-0.2, 0) is 12.8 Å². The second-order valence-corrected chi connectivity index (χ2v) is 8.91. The van der Waals surface area contributed by atoms with Gasteiger partial charge in [0.25, 0.3) is 0 Å². The molecule has 0 N–H and O–H groups in total. The molecule has 158 valence electrons. The van der Waals surface area contributed by atoms with E-state index in [0.717, 1.165) is 79.5 Å². The average Bonchev–Trinajstić information content (AvgIpc) is 3.12. The number of fused-ring (bicyclic) bond motifs is 1. The highest BCUT2D eigenvalue weighted by Crippen LogP contribution is 2.34. The summed E-state index contributed by atoms with van der Waals surface area (Å²) in [5.41, 5.74) is 7.27.